The van der Waals surface area contributed by atoms with Gasteiger partial charge in [-0.15, -0.1) is 0 Å². The molecule has 1 amide bonds. The van der Waals surface area contributed by atoms with Crippen molar-refractivity contribution in [2.45, 2.75) is 25.2 Å². The molecule has 0 bridgehead atoms. The van der Waals surface area contributed by atoms with Crippen LogP contribution in [-0.2, 0) is 0 Å². The molecule has 0 N–H and O–H groups in total. The fourth-order valence-electron chi connectivity index (χ4n) is 3.46. The number of likely N-dealkylation sites (tertiary alicyclic amines) is 1. The summed E-state index contributed by atoms with van der Waals surface area (Å²) in [5, 5.41) is 0. The fourth-order valence-corrected chi connectivity index (χ4v) is 3.46. The highest BCUT2D eigenvalue weighted by Gasteiger charge is 2.24. The van der Waals surface area contributed by atoms with Crippen LogP contribution in [0.1, 0.15) is 41.1 Å². The van der Waals surface area contributed by atoms with Gasteiger partial charge in [0.05, 0.1) is 14.2 Å². The molecule has 2 aromatic carbocycles. The standard InChI is InChI=1S/C21H24FNO3/c1-25-18-9-6-15(7-10-18)17-5-3-4-12-23(14-17)21(24)16-8-11-20(26-2)19(22)13-16/h6-11,13,17H,3-5,12,14H2,1-2H3. The van der Waals surface area contributed by atoms with Crippen LogP contribution in [0.15, 0.2) is 42.5 Å². The second-order valence-corrected chi connectivity index (χ2v) is 6.57. The third kappa shape index (κ3) is 3.98. The van der Waals surface area contributed by atoms with Crippen LogP contribution in [0.4, 0.5) is 4.39 Å². The lowest BCUT2D eigenvalue weighted by molar-refractivity contribution is 0.0754. The van der Waals surface area contributed by atoms with Crippen molar-refractivity contribution in [3.05, 3.63) is 59.4 Å². The summed E-state index contributed by atoms with van der Waals surface area (Å²) in [6, 6.07) is 12.4. The Morgan fingerprint density at radius 2 is 1.85 bits per heavy atom. The Morgan fingerprint density at radius 3 is 2.50 bits per heavy atom. The van der Waals surface area contributed by atoms with E-state index in [0.29, 0.717) is 18.7 Å². The number of carbonyl (C=O) groups is 1. The number of ether oxygens (including phenoxy) is 2. The summed E-state index contributed by atoms with van der Waals surface area (Å²) < 4.78 is 24.1. The molecule has 4 nitrogen and oxygen atoms in total. The van der Waals surface area contributed by atoms with Gasteiger partial charge in [0.25, 0.3) is 5.91 Å². The molecule has 0 aliphatic carbocycles. The number of rotatable bonds is 4. The number of amides is 1. The first-order valence-corrected chi connectivity index (χ1v) is 8.89. The quantitative estimate of drug-likeness (QED) is 0.821. The zero-order valence-corrected chi connectivity index (χ0v) is 15.2. The Bertz CT molecular complexity index is 760. The zero-order chi connectivity index (χ0) is 18.5. The lowest BCUT2D eigenvalue weighted by Crippen LogP contribution is -2.34. The van der Waals surface area contributed by atoms with Crippen LogP contribution in [0.2, 0.25) is 0 Å². The minimum atomic E-state index is -0.514. The van der Waals surface area contributed by atoms with Crippen LogP contribution in [-0.4, -0.2) is 38.1 Å². The molecule has 1 heterocycles. The molecular formula is C21H24FNO3. The van der Waals surface area contributed by atoms with Crippen LogP contribution < -0.4 is 9.47 Å². The van der Waals surface area contributed by atoms with Crippen molar-refractivity contribution in [3.8, 4) is 11.5 Å². The number of hydrogen-bond donors (Lipinski definition) is 0. The maximum absolute atomic E-state index is 14.0. The van der Waals surface area contributed by atoms with Gasteiger partial charge in [-0.25, -0.2) is 4.39 Å². The molecule has 138 valence electrons. The Hall–Kier alpha value is -2.56. The molecule has 3 rings (SSSR count). The molecule has 0 radical (unpaired) electrons. The minimum Gasteiger partial charge on any atom is -0.497 e. The second-order valence-electron chi connectivity index (χ2n) is 6.57. The van der Waals surface area contributed by atoms with E-state index >= 15 is 0 Å². The van der Waals surface area contributed by atoms with E-state index in [4.69, 9.17) is 9.47 Å². The van der Waals surface area contributed by atoms with E-state index in [1.165, 1.54) is 24.8 Å². The zero-order valence-electron chi connectivity index (χ0n) is 15.2. The van der Waals surface area contributed by atoms with E-state index in [2.05, 4.69) is 12.1 Å². The highest BCUT2D eigenvalue weighted by molar-refractivity contribution is 5.94. The number of benzene rings is 2. The molecule has 1 atom stereocenters. The van der Waals surface area contributed by atoms with Gasteiger partial charge < -0.3 is 14.4 Å². The summed E-state index contributed by atoms with van der Waals surface area (Å²) in [5.74, 6) is 0.597. The third-order valence-corrected chi connectivity index (χ3v) is 4.94. The SMILES string of the molecule is COc1ccc(C2CCCCN(C(=O)c3ccc(OC)c(F)c3)C2)cc1. The van der Waals surface area contributed by atoms with E-state index in [0.717, 1.165) is 25.0 Å². The topological polar surface area (TPSA) is 38.8 Å². The van der Waals surface area contributed by atoms with Gasteiger partial charge >= 0.3 is 0 Å². The molecule has 1 aliphatic rings. The predicted octanol–water partition coefficient (Wildman–Crippen LogP) is 4.25. The molecule has 5 heteroatoms. The van der Waals surface area contributed by atoms with Gasteiger partial charge in [-0.2, -0.15) is 0 Å². The first kappa shape index (κ1) is 18.2. The molecule has 1 saturated heterocycles. The molecule has 1 unspecified atom stereocenters. The summed E-state index contributed by atoms with van der Waals surface area (Å²) in [6.45, 7) is 1.33. The number of hydrogen-bond acceptors (Lipinski definition) is 3. The van der Waals surface area contributed by atoms with Gasteiger partial charge in [0, 0.05) is 24.6 Å². The van der Waals surface area contributed by atoms with Gasteiger partial charge in [-0.05, 0) is 48.7 Å². The molecule has 0 saturated carbocycles. The van der Waals surface area contributed by atoms with Crippen molar-refractivity contribution in [3.63, 3.8) is 0 Å². The number of methoxy groups -OCH3 is 2. The molecule has 2 aromatic rings. The lowest BCUT2D eigenvalue weighted by atomic mass is 9.94. The molecule has 26 heavy (non-hydrogen) atoms. The molecular weight excluding hydrogens is 333 g/mol. The maximum atomic E-state index is 14.0. The van der Waals surface area contributed by atoms with Crippen molar-refractivity contribution in [1.29, 1.82) is 0 Å². The normalized spacial score (nSPS) is 17.5. The van der Waals surface area contributed by atoms with Crippen LogP contribution in [0.25, 0.3) is 0 Å². The van der Waals surface area contributed by atoms with E-state index < -0.39 is 5.82 Å². The van der Waals surface area contributed by atoms with Gasteiger partial charge in [-0.1, -0.05) is 18.6 Å². The van der Waals surface area contributed by atoms with Crippen LogP contribution in [0.5, 0.6) is 11.5 Å². The highest BCUT2D eigenvalue weighted by atomic mass is 19.1. The Labute approximate surface area is 153 Å². The fraction of sp³-hybridized carbons (Fsp3) is 0.381. The van der Waals surface area contributed by atoms with Gasteiger partial charge in [0.2, 0.25) is 0 Å². The second kappa shape index (κ2) is 8.21. The first-order chi connectivity index (χ1) is 12.6. The number of halogens is 1. The van der Waals surface area contributed by atoms with Crippen LogP contribution >= 0.6 is 0 Å². The smallest absolute Gasteiger partial charge is 0.253 e. The Kier molecular flexibility index (Phi) is 5.76. The largest absolute Gasteiger partial charge is 0.497 e. The summed E-state index contributed by atoms with van der Waals surface area (Å²) in [6.07, 6.45) is 3.06. The van der Waals surface area contributed by atoms with Gasteiger partial charge in [0.15, 0.2) is 11.6 Å². The van der Waals surface area contributed by atoms with Gasteiger partial charge in [0.1, 0.15) is 5.75 Å². The first-order valence-electron chi connectivity index (χ1n) is 8.89. The lowest BCUT2D eigenvalue weighted by Gasteiger charge is -2.25. The van der Waals surface area contributed by atoms with Gasteiger partial charge in [-0.3, -0.25) is 4.79 Å². The molecule has 1 fully saturated rings. The maximum Gasteiger partial charge on any atom is 0.253 e. The Balaban J connectivity index is 1.78. The summed E-state index contributed by atoms with van der Waals surface area (Å²) in [4.78, 5) is 14.7. The van der Waals surface area contributed by atoms with E-state index in [-0.39, 0.29) is 17.6 Å². The molecule has 0 aromatic heterocycles. The van der Waals surface area contributed by atoms with E-state index in [1.54, 1.807) is 13.2 Å². The van der Waals surface area contributed by atoms with Crippen molar-refractivity contribution in [2.24, 2.45) is 0 Å². The predicted molar refractivity (Wildman–Crippen MR) is 98.4 cm³/mol. The highest BCUT2D eigenvalue weighted by Crippen LogP contribution is 2.29. The average molecular weight is 357 g/mol. The Morgan fingerprint density at radius 1 is 1.08 bits per heavy atom. The minimum absolute atomic E-state index is 0.132. The number of carbonyl (C=O) groups excluding carboxylic acids is 1. The summed E-state index contributed by atoms with van der Waals surface area (Å²) in [7, 11) is 3.06. The molecule has 0 spiro atoms. The van der Waals surface area contributed by atoms with Crippen molar-refractivity contribution >= 4 is 5.91 Å². The third-order valence-electron chi connectivity index (χ3n) is 4.94. The van der Waals surface area contributed by atoms with Crippen LogP contribution in [0.3, 0.4) is 0 Å². The van der Waals surface area contributed by atoms with E-state index in [1.807, 2.05) is 17.0 Å². The molecule has 1 aliphatic heterocycles. The summed E-state index contributed by atoms with van der Waals surface area (Å²) >= 11 is 0. The van der Waals surface area contributed by atoms with Crippen LogP contribution in [0, 0.1) is 5.82 Å². The summed E-state index contributed by atoms with van der Waals surface area (Å²) in [5.41, 5.74) is 1.56. The van der Waals surface area contributed by atoms with Crippen molar-refractivity contribution < 1.29 is 18.7 Å². The van der Waals surface area contributed by atoms with E-state index in [9.17, 15) is 9.18 Å². The van der Waals surface area contributed by atoms with Crippen molar-refractivity contribution in [1.82, 2.24) is 4.90 Å². The number of nitrogens with zero attached hydrogens (tertiary/aromatic N) is 1. The monoisotopic (exact) mass is 357 g/mol. The van der Waals surface area contributed by atoms with Crippen molar-refractivity contribution in [2.75, 3.05) is 27.3 Å². The average Bonchev–Trinajstić information content (AvgIpc) is 2.93.